The second kappa shape index (κ2) is 8.14. The SMILES string of the molecule is N[C@H]1N=C(C2CCCC2)c2ccccc2N(CC(=O)N2CC3CCC(CC3)C2)C1=O. The quantitative estimate of drug-likeness (QED) is 0.835. The van der Waals surface area contributed by atoms with Crippen molar-refractivity contribution in [2.75, 3.05) is 24.5 Å². The first-order chi connectivity index (χ1) is 14.6. The number of amides is 2. The molecule has 0 spiro atoms. The smallest absolute Gasteiger partial charge is 0.266 e. The Balaban J connectivity index is 1.43. The highest BCUT2D eigenvalue weighted by molar-refractivity contribution is 6.14. The third-order valence-corrected chi connectivity index (χ3v) is 7.58. The number of rotatable bonds is 3. The number of nitrogens with zero attached hydrogens (tertiary/aromatic N) is 3. The molecule has 2 amide bonds. The molecule has 2 saturated heterocycles. The maximum atomic E-state index is 13.3. The van der Waals surface area contributed by atoms with Gasteiger partial charge in [0.05, 0.1) is 5.69 Å². The lowest BCUT2D eigenvalue weighted by Crippen LogP contribution is -2.48. The molecule has 4 fully saturated rings. The van der Waals surface area contributed by atoms with Crippen LogP contribution in [-0.2, 0) is 9.59 Å². The van der Waals surface area contributed by atoms with Gasteiger partial charge >= 0.3 is 0 Å². The van der Waals surface area contributed by atoms with Crippen molar-refractivity contribution in [2.24, 2.45) is 28.5 Å². The van der Waals surface area contributed by atoms with E-state index in [0.29, 0.717) is 17.8 Å². The molecule has 1 aromatic carbocycles. The average Bonchev–Trinajstić information content (AvgIpc) is 3.08. The number of nitrogens with two attached hydrogens (primary N) is 1. The minimum absolute atomic E-state index is 0.0356. The number of benzodiazepines with no additional fused rings is 1. The summed E-state index contributed by atoms with van der Waals surface area (Å²) in [5.74, 6) is 1.33. The zero-order valence-electron chi connectivity index (χ0n) is 17.6. The molecule has 0 radical (unpaired) electrons. The average molecular weight is 409 g/mol. The van der Waals surface area contributed by atoms with E-state index in [-0.39, 0.29) is 18.4 Å². The first-order valence-electron chi connectivity index (χ1n) is 11.6. The molecule has 2 bridgehead atoms. The monoisotopic (exact) mass is 408 g/mol. The fourth-order valence-electron chi connectivity index (χ4n) is 5.90. The van der Waals surface area contributed by atoms with E-state index < -0.39 is 6.17 Å². The van der Waals surface area contributed by atoms with Gasteiger partial charge in [-0.05, 0) is 56.4 Å². The molecule has 6 rings (SSSR count). The summed E-state index contributed by atoms with van der Waals surface area (Å²) in [6.45, 7) is 1.71. The zero-order valence-corrected chi connectivity index (χ0v) is 17.6. The van der Waals surface area contributed by atoms with E-state index in [1.807, 2.05) is 29.2 Å². The Hall–Kier alpha value is -2.21. The van der Waals surface area contributed by atoms with Gasteiger partial charge < -0.3 is 10.6 Å². The highest BCUT2D eigenvalue weighted by atomic mass is 16.2. The molecule has 0 aromatic heterocycles. The number of carbonyl (C=O) groups is 2. The van der Waals surface area contributed by atoms with Gasteiger partial charge in [0.1, 0.15) is 6.54 Å². The number of hydrogen-bond donors (Lipinski definition) is 1. The van der Waals surface area contributed by atoms with Gasteiger partial charge in [-0.25, -0.2) is 0 Å². The number of para-hydroxylation sites is 1. The van der Waals surface area contributed by atoms with Gasteiger partial charge in [0.15, 0.2) is 6.17 Å². The van der Waals surface area contributed by atoms with Crippen LogP contribution in [0.1, 0.15) is 56.9 Å². The second-order valence-corrected chi connectivity index (χ2v) is 9.57. The fourth-order valence-corrected chi connectivity index (χ4v) is 5.90. The van der Waals surface area contributed by atoms with Crippen LogP contribution in [0.5, 0.6) is 0 Å². The Kier molecular flexibility index (Phi) is 5.35. The van der Waals surface area contributed by atoms with Crippen LogP contribution < -0.4 is 10.6 Å². The van der Waals surface area contributed by atoms with Gasteiger partial charge in [-0.15, -0.1) is 0 Å². The largest absolute Gasteiger partial charge is 0.341 e. The van der Waals surface area contributed by atoms with Crippen molar-refractivity contribution in [3.63, 3.8) is 0 Å². The van der Waals surface area contributed by atoms with Crippen LogP contribution >= 0.6 is 0 Å². The number of aliphatic imine (C=N–C) groups is 1. The molecule has 1 aromatic rings. The van der Waals surface area contributed by atoms with Crippen LogP contribution in [0.15, 0.2) is 29.3 Å². The number of benzene rings is 1. The van der Waals surface area contributed by atoms with E-state index in [4.69, 9.17) is 5.73 Å². The standard InChI is InChI=1S/C24H32N4O2/c25-23-24(30)28(15-21(29)27-13-16-9-10-17(14-27)12-11-16)20-8-4-3-7-19(20)22(26-23)18-5-1-2-6-18/h3-4,7-8,16-18,23H,1-2,5-6,9-15,25H2/t16?,17?,23-/m0/s1. The van der Waals surface area contributed by atoms with Crippen LogP contribution in [0.4, 0.5) is 5.69 Å². The predicted molar refractivity (Wildman–Crippen MR) is 117 cm³/mol. The molecule has 3 heterocycles. The minimum Gasteiger partial charge on any atom is -0.341 e. The maximum absolute atomic E-state index is 13.3. The van der Waals surface area contributed by atoms with Gasteiger partial charge in [-0.1, -0.05) is 31.0 Å². The molecule has 1 atom stereocenters. The van der Waals surface area contributed by atoms with E-state index in [2.05, 4.69) is 4.99 Å². The maximum Gasteiger partial charge on any atom is 0.266 e. The van der Waals surface area contributed by atoms with E-state index in [1.165, 1.54) is 38.5 Å². The molecule has 2 N–H and O–H groups in total. The highest BCUT2D eigenvalue weighted by Gasteiger charge is 2.36. The molecule has 30 heavy (non-hydrogen) atoms. The molecule has 160 valence electrons. The van der Waals surface area contributed by atoms with Crippen LogP contribution in [-0.4, -0.2) is 48.2 Å². The summed E-state index contributed by atoms with van der Waals surface area (Å²) in [6.07, 6.45) is 8.51. The van der Waals surface area contributed by atoms with Gasteiger partial charge in [0.2, 0.25) is 5.91 Å². The Labute approximate surface area is 178 Å². The predicted octanol–water partition coefficient (Wildman–Crippen LogP) is 2.95. The first kappa shape index (κ1) is 19.7. The Morgan fingerprint density at radius 1 is 1.00 bits per heavy atom. The number of carbonyl (C=O) groups excluding carboxylic acids is 2. The molecular weight excluding hydrogens is 376 g/mol. The minimum atomic E-state index is -0.943. The van der Waals surface area contributed by atoms with E-state index >= 15 is 0 Å². The fraction of sp³-hybridized carbons (Fsp3) is 0.625. The first-order valence-corrected chi connectivity index (χ1v) is 11.6. The lowest BCUT2D eigenvalue weighted by atomic mass is 9.84. The summed E-state index contributed by atoms with van der Waals surface area (Å²) in [7, 11) is 0. The van der Waals surface area contributed by atoms with Crippen molar-refractivity contribution in [1.82, 2.24) is 4.90 Å². The van der Waals surface area contributed by atoms with E-state index in [0.717, 1.165) is 42.9 Å². The third kappa shape index (κ3) is 3.66. The summed E-state index contributed by atoms with van der Waals surface area (Å²) in [5, 5.41) is 0. The van der Waals surface area contributed by atoms with Crippen molar-refractivity contribution in [3.05, 3.63) is 29.8 Å². The van der Waals surface area contributed by atoms with Crippen LogP contribution in [0.3, 0.4) is 0 Å². The third-order valence-electron chi connectivity index (χ3n) is 7.58. The lowest BCUT2D eigenvalue weighted by Gasteiger charge is -2.28. The van der Waals surface area contributed by atoms with Crippen LogP contribution in [0.25, 0.3) is 0 Å². The number of hydrogen-bond acceptors (Lipinski definition) is 4. The molecule has 2 aliphatic carbocycles. The van der Waals surface area contributed by atoms with Crippen LogP contribution in [0.2, 0.25) is 0 Å². The molecule has 6 heteroatoms. The highest BCUT2D eigenvalue weighted by Crippen LogP contribution is 2.36. The number of fused-ring (bicyclic) bond motifs is 5. The van der Waals surface area contributed by atoms with E-state index in [9.17, 15) is 9.59 Å². The van der Waals surface area contributed by atoms with Gasteiger partial charge in [-0.2, -0.15) is 0 Å². The van der Waals surface area contributed by atoms with Crippen molar-refractivity contribution >= 4 is 23.2 Å². The van der Waals surface area contributed by atoms with Crippen molar-refractivity contribution < 1.29 is 9.59 Å². The molecular formula is C24H32N4O2. The Morgan fingerprint density at radius 2 is 1.63 bits per heavy atom. The van der Waals surface area contributed by atoms with Crippen molar-refractivity contribution in [1.29, 1.82) is 0 Å². The molecule has 2 saturated carbocycles. The Bertz CT molecular complexity index is 839. The normalized spacial score (nSPS) is 29.4. The summed E-state index contributed by atoms with van der Waals surface area (Å²) in [6, 6.07) is 7.88. The molecule has 0 unspecified atom stereocenters. The van der Waals surface area contributed by atoms with Gasteiger partial charge in [0.25, 0.3) is 5.91 Å². The molecule has 6 nitrogen and oxygen atoms in total. The van der Waals surface area contributed by atoms with Crippen molar-refractivity contribution in [3.8, 4) is 0 Å². The zero-order chi connectivity index (χ0) is 20.7. The number of anilines is 1. The molecule has 5 aliphatic rings. The molecule has 3 aliphatic heterocycles. The van der Waals surface area contributed by atoms with Gasteiger partial charge in [0, 0.05) is 30.3 Å². The lowest BCUT2D eigenvalue weighted by molar-refractivity contribution is -0.132. The van der Waals surface area contributed by atoms with Crippen LogP contribution in [0, 0.1) is 17.8 Å². The second-order valence-electron chi connectivity index (χ2n) is 9.57. The Morgan fingerprint density at radius 3 is 2.30 bits per heavy atom. The van der Waals surface area contributed by atoms with Gasteiger partial charge in [-0.3, -0.25) is 19.5 Å². The summed E-state index contributed by atoms with van der Waals surface area (Å²) < 4.78 is 0. The van der Waals surface area contributed by atoms with E-state index in [1.54, 1.807) is 4.90 Å². The van der Waals surface area contributed by atoms with Crippen molar-refractivity contribution in [2.45, 2.75) is 57.5 Å². The summed E-state index contributed by atoms with van der Waals surface area (Å²) >= 11 is 0. The summed E-state index contributed by atoms with van der Waals surface area (Å²) in [4.78, 5) is 34.8. The summed E-state index contributed by atoms with van der Waals surface area (Å²) in [5.41, 5.74) is 8.94. The topological polar surface area (TPSA) is 79.0 Å².